The van der Waals surface area contributed by atoms with Crippen molar-refractivity contribution in [3.8, 4) is 5.75 Å². The zero-order chi connectivity index (χ0) is 15.0. The number of anilines is 1. The smallest absolute Gasteiger partial charge is 0.323 e. The van der Waals surface area contributed by atoms with E-state index in [-0.39, 0.29) is 17.0 Å². The first-order valence-corrected chi connectivity index (χ1v) is 6.69. The first-order chi connectivity index (χ1) is 10.0. The maximum absolute atomic E-state index is 12.1. The summed E-state index contributed by atoms with van der Waals surface area (Å²) in [5.41, 5.74) is 1.60. The molecule has 7 nitrogen and oxygen atoms in total. The fraction of sp³-hybridized carbons (Fsp3) is 0. The normalized spacial score (nSPS) is 10.7. The highest BCUT2D eigenvalue weighted by Crippen LogP contribution is 2.27. The van der Waals surface area contributed by atoms with Gasteiger partial charge in [-0.1, -0.05) is 0 Å². The van der Waals surface area contributed by atoms with Crippen LogP contribution in [0.2, 0.25) is 0 Å². The van der Waals surface area contributed by atoms with Gasteiger partial charge in [0.2, 0.25) is 0 Å². The minimum absolute atomic E-state index is 0.0906. The number of carbonyl (C=O) groups excluding carboxylic acids is 1. The van der Waals surface area contributed by atoms with E-state index < -0.39 is 5.91 Å². The van der Waals surface area contributed by atoms with Gasteiger partial charge in [0, 0.05) is 10.7 Å². The van der Waals surface area contributed by atoms with Crippen molar-refractivity contribution in [2.75, 3.05) is 5.32 Å². The predicted octanol–water partition coefficient (Wildman–Crippen LogP) is 1.97. The number of hydrogen-bond acceptors (Lipinski definition) is 4. The van der Waals surface area contributed by atoms with Crippen LogP contribution in [0.5, 0.6) is 5.75 Å². The van der Waals surface area contributed by atoms with E-state index in [0.717, 1.165) is 0 Å². The zero-order valence-electron chi connectivity index (χ0n) is 10.5. The second-order valence-electron chi connectivity index (χ2n) is 4.34. The van der Waals surface area contributed by atoms with Gasteiger partial charge in [0.1, 0.15) is 5.75 Å². The third-order valence-corrected chi connectivity index (χ3v) is 3.49. The summed E-state index contributed by atoms with van der Waals surface area (Å²) in [6, 6.07) is 4.63. The fourth-order valence-corrected chi connectivity index (χ4v) is 2.34. The number of amides is 1. The van der Waals surface area contributed by atoms with Crippen molar-refractivity contribution in [3.05, 3.63) is 51.1 Å². The molecule has 0 aliphatic carbocycles. The van der Waals surface area contributed by atoms with Gasteiger partial charge in [-0.25, -0.2) is 4.79 Å². The van der Waals surface area contributed by atoms with E-state index in [1.54, 1.807) is 12.1 Å². The van der Waals surface area contributed by atoms with E-state index in [2.05, 4.69) is 36.2 Å². The highest BCUT2D eigenvalue weighted by Gasteiger charge is 2.11. The van der Waals surface area contributed by atoms with E-state index in [1.165, 1.54) is 18.5 Å². The molecule has 0 saturated carbocycles. The predicted molar refractivity (Wildman–Crippen MR) is 80.5 cm³/mol. The van der Waals surface area contributed by atoms with Crippen LogP contribution in [0.1, 0.15) is 10.4 Å². The zero-order valence-corrected chi connectivity index (χ0v) is 12.1. The molecule has 8 heteroatoms. The van der Waals surface area contributed by atoms with E-state index in [0.29, 0.717) is 21.2 Å². The molecule has 1 amide bonds. The Kier molecular flexibility index (Phi) is 3.22. The lowest BCUT2D eigenvalue weighted by molar-refractivity contribution is 0.102. The SMILES string of the molecule is O=C(Nc1cc2[nH]c(=O)[nH]c2cc1Br)c1cncc(O)c1. The van der Waals surface area contributed by atoms with Crippen LogP contribution in [0.3, 0.4) is 0 Å². The summed E-state index contributed by atoms with van der Waals surface area (Å²) in [6.45, 7) is 0. The van der Waals surface area contributed by atoms with Gasteiger partial charge in [0.25, 0.3) is 5.91 Å². The number of aromatic nitrogens is 3. The molecule has 0 aliphatic rings. The summed E-state index contributed by atoms with van der Waals surface area (Å²) in [4.78, 5) is 32.3. The molecule has 0 spiro atoms. The third-order valence-electron chi connectivity index (χ3n) is 2.84. The van der Waals surface area contributed by atoms with Gasteiger partial charge in [-0.3, -0.25) is 9.78 Å². The van der Waals surface area contributed by atoms with Crippen molar-refractivity contribution in [2.24, 2.45) is 0 Å². The van der Waals surface area contributed by atoms with Crippen molar-refractivity contribution in [1.82, 2.24) is 15.0 Å². The minimum Gasteiger partial charge on any atom is -0.506 e. The van der Waals surface area contributed by atoms with Crippen LogP contribution < -0.4 is 11.0 Å². The number of aromatic hydroxyl groups is 1. The second-order valence-corrected chi connectivity index (χ2v) is 5.20. The number of fused-ring (bicyclic) bond motifs is 1. The van der Waals surface area contributed by atoms with Gasteiger partial charge < -0.3 is 20.4 Å². The maximum atomic E-state index is 12.1. The highest BCUT2D eigenvalue weighted by atomic mass is 79.9. The molecule has 2 heterocycles. The first kappa shape index (κ1) is 13.4. The minimum atomic E-state index is -0.420. The number of aromatic amines is 2. The molecule has 0 fully saturated rings. The first-order valence-electron chi connectivity index (χ1n) is 5.90. The number of H-pyrrole nitrogens is 2. The summed E-state index contributed by atoms with van der Waals surface area (Å²) in [5.74, 6) is -0.511. The molecular formula is C13H9BrN4O3. The lowest BCUT2D eigenvalue weighted by Crippen LogP contribution is -2.12. The fourth-order valence-electron chi connectivity index (χ4n) is 1.90. The highest BCUT2D eigenvalue weighted by molar-refractivity contribution is 9.10. The van der Waals surface area contributed by atoms with Crippen LogP contribution in [0.15, 0.2) is 39.9 Å². The van der Waals surface area contributed by atoms with Crippen molar-refractivity contribution in [2.45, 2.75) is 0 Å². The van der Waals surface area contributed by atoms with Crippen LogP contribution in [-0.2, 0) is 0 Å². The van der Waals surface area contributed by atoms with Crippen LogP contribution in [0.25, 0.3) is 11.0 Å². The lowest BCUT2D eigenvalue weighted by Gasteiger charge is -2.07. The number of nitrogens with one attached hydrogen (secondary N) is 3. The summed E-state index contributed by atoms with van der Waals surface area (Å²) in [5, 5.41) is 12.0. The number of benzene rings is 1. The van der Waals surface area contributed by atoms with E-state index in [4.69, 9.17) is 0 Å². The topological polar surface area (TPSA) is 111 Å². The molecular weight excluding hydrogens is 340 g/mol. The Morgan fingerprint density at radius 2 is 1.90 bits per heavy atom. The average Bonchev–Trinajstić information content (AvgIpc) is 2.78. The number of hydrogen-bond donors (Lipinski definition) is 4. The summed E-state index contributed by atoms with van der Waals surface area (Å²) < 4.78 is 0.617. The summed E-state index contributed by atoms with van der Waals surface area (Å²) in [7, 11) is 0. The number of halogens is 1. The summed E-state index contributed by atoms with van der Waals surface area (Å²) >= 11 is 3.33. The summed E-state index contributed by atoms with van der Waals surface area (Å²) in [6.07, 6.45) is 2.59. The number of imidazole rings is 1. The van der Waals surface area contributed by atoms with Gasteiger partial charge in [-0.2, -0.15) is 0 Å². The molecule has 0 bridgehead atoms. The van der Waals surface area contributed by atoms with E-state index in [1.807, 2.05) is 0 Å². The van der Waals surface area contributed by atoms with E-state index in [9.17, 15) is 14.7 Å². The Balaban J connectivity index is 1.95. The van der Waals surface area contributed by atoms with Crippen LogP contribution in [-0.4, -0.2) is 26.0 Å². The van der Waals surface area contributed by atoms with Crippen LogP contribution in [0.4, 0.5) is 5.69 Å². The molecule has 2 aromatic heterocycles. The molecule has 0 aliphatic heterocycles. The average molecular weight is 349 g/mol. The Morgan fingerprint density at radius 3 is 2.62 bits per heavy atom. The van der Waals surface area contributed by atoms with Gasteiger partial charge >= 0.3 is 5.69 Å². The standard InChI is InChI=1S/C13H9BrN4O3/c14-8-2-10-11(18-13(21)17-10)3-9(8)16-12(20)6-1-7(19)5-15-4-6/h1-5,19H,(H,16,20)(H2,17,18,21). The Bertz CT molecular complexity index is 900. The molecule has 0 saturated heterocycles. The molecule has 3 rings (SSSR count). The molecule has 4 N–H and O–H groups in total. The number of rotatable bonds is 2. The molecule has 21 heavy (non-hydrogen) atoms. The van der Waals surface area contributed by atoms with Gasteiger partial charge in [-0.15, -0.1) is 0 Å². The van der Waals surface area contributed by atoms with Crippen LogP contribution in [0, 0.1) is 0 Å². The largest absolute Gasteiger partial charge is 0.506 e. The van der Waals surface area contributed by atoms with Gasteiger partial charge in [0.05, 0.1) is 28.5 Å². The maximum Gasteiger partial charge on any atom is 0.323 e. The Labute approximate surface area is 126 Å². The second kappa shape index (κ2) is 5.06. The number of pyridine rings is 1. The Morgan fingerprint density at radius 1 is 1.19 bits per heavy atom. The molecule has 106 valence electrons. The van der Waals surface area contributed by atoms with Gasteiger partial charge in [-0.05, 0) is 34.1 Å². The quantitative estimate of drug-likeness (QED) is 0.567. The van der Waals surface area contributed by atoms with E-state index >= 15 is 0 Å². The molecule has 0 unspecified atom stereocenters. The Hall–Kier alpha value is -2.61. The van der Waals surface area contributed by atoms with Gasteiger partial charge in [0.15, 0.2) is 0 Å². The molecule has 0 atom stereocenters. The third kappa shape index (κ3) is 2.65. The number of carbonyl (C=O) groups is 1. The van der Waals surface area contributed by atoms with Crippen molar-refractivity contribution < 1.29 is 9.90 Å². The lowest BCUT2D eigenvalue weighted by atomic mass is 10.2. The number of nitrogens with zero attached hydrogens (tertiary/aromatic N) is 1. The monoisotopic (exact) mass is 348 g/mol. The molecule has 1 aromatic carbocycles. The molecule has 0 radical (unpaired) electrons. The van der Waals surface area contributed by atoms with Crippen molar-refractivity contribution in [3.63, 3.8) is 0 Å². The van der Waals surface area contributed by atoms with Crippen LogP contribution >= 0.6 is 15.9 Å². The van der Waals surface area contributed by atoms with Crippen molar-refractivity contribution >= 4 is 38.6 Å². The molecule has 3 aromatic rings. The van der Waals surface area contributed by atoms with Crippen molar-refractivity contribution in [1.29, 1.82) is 0 Å².